The molecule has 2 N–H and O–H groups in total. The lowest BCUT2D eigenvalue weighted by atomic mass is 10.1. The smallest absolute Gasteiger partial charge is 0.244 e. The molecule has 0 aliphatic carbocycles. The fourth-order valence-electron chi connectivity index (χ4n) is 2.46. The van der Waals surface area contributed by atoms with Crippen molar-refractivity contribution in [2.45, 2.75) is 13.5 Å². The summed E-state index contributed by atoms with van der Waals surface area (Å²) in [6.07, 6.45) is 1.61. The fourth-order valence-corrected chi connectivity index (χ4v) is 2.46. The lowest BCUT2D eigenvalue weighted by Gasteiger charge is -2.10. The zero-order chi connectivity index (χ0) is 18.9. The zero-order valence-corrected chi connectivity index (χ0v) is 15.5. The van der Waals surface area contributed by atoms with E-state index in [0.29, 0.717) is 31.5 Å². The quantitative estimate of drug-likeness (QED) is 0.563. The first-order valence-corrected chi connectivity index (χ1v) is 8.73. The summed E-state index contributed by atoms with van der Waals surface area (Å²) in [5, 5.41) is 14.4. The maximum Gasteiger partial charge on any atom is 0.244 e. The van der Waals surface area contributed by atoms with Crippen LogP contribution < -0.4 is 20.1 Å². The van der Waals surface area contributed by atoms with Gasteiger partial charge in [-0.15, -0.1) is 5.10 Å². The SMILES string of the molecule is COc1ccc(OCCNc2nncc(NCc3ccccc3C)n2)cc1. The third-order valence-corrected chi connectivity index (χ3v) is 3.99. The van der Waals surface area contributed by atoms with Crippen molar-refractivity contribution >= 4 is 11.8 Å². The number of aromatic nitrogens is 3. The summed E-state index contributed by atoms with van der Waals surface area (Å²) in [4.78, 5) is 4.42. The minimum absolute atomic E-state index is 0.461. The Morgan fingerprint density at radius 2 is 1.74 bits per heavy atom. The Kier molecular flexibility index (Phi) is 6.40. The van der Waals surface area contributed by atoms with Gasteiger partial charge in [0.05, 0.1) is 19.9 Å². The summed E-state index contributed by atoms with van der Waals surface area (Å²) in [6, 6.07) is 15.7. The summed E-state index contributed by atoms with van der Waals surface area (Å²) in [7, 11) is 1.64. The molecule has 1 aromatic heterocycles. The summed E-state index contributed by atoms with van der Waals surface area (Å²) in [6.45, 7) is 3.82. The lowest BCUT2D eigenvalue weighted by molar-refractivity contribution is 0.331. The van der Waals surface area contributed by atoms with Gasteiger partial charge in [-0.2, -0.15) is 10.1 Å². The van der Waals surface area contributed by atoms with Gasteiger partial charge in [0.25, 0.3) is 0 Å². The highest BCUT2D eigenvalue weighted by molar-refractivity contribution is 5.39. The van der Waals surface area contributed by atoms with Gasteiger partial charge in [0.2, 0.25) is 5.95 Å². The predicted octanol–water partition coefficient (Wildman–Crippen LogP) is 3.29. The molecule has 0 spiro atoms. The standard InChI is InChI=1S/C20H23N5O2/c1-15-5-3-4-6-16(15)13-22-19-14-23-25-20(24-19)21-11-12-27-18-9-7-17(26-2)8-10-18/h3-10,14H,11-13H2,1-2H3,(H2,21,22,24,25). The van der Waals surface area contributed by atoms with E-state index in [1.165, 1.54) is 11.1 Å². The summed E-state index contributed by atoms with van der Waals surface area (Å²) < 4.78 is 10.8. The van der Waals surface area contributed by atoms with E-state index in [2.05, 4.69) is 44.9 Å². The summed E-state index contributed by atoms with van der Waals surface area (Å²) >= 11 is 0. The van der Waals surface area contributed by atoms with Gasteiger partial charge in [-0.05, 0) is 42.3 Å². The van der Waals surface area contributed by atoms with Gasteiger partial charge < -0.3 is 20.1 Å². The van der Waals surface area contributed by atoms with E-state index in [0.717, 1.165) is 11.5 Å². The van der Waals surface area contributed by atoms with Crippen LogP contribution in [0.5, 0.6) is 11.5 Å². The molecule has 7 nitrogen and oxygen atoms in total. The average molecular weight is 365 g/mol. The van der Waals surface area contributed by atoms with Crippen molar-refractivity contribution in [2.24, 2.45) is 0 Å². The topological polar surface area (TPSA) is 81.2 Å². The largest absolute Gasteiger partial charge is 0.497 e. The molecule has 3 aromatic rings. The molecule has 1 heterocycles. The Hall–Kier alpha value is -3.35. The number of nitrogens with zero attached hydrogens (tertiary/aromatic N) is 3. The van der Waals surface area contributed by atoms with Crippen LogP contribution in [0, 0.1) is 6.92 Å². The van der Waals surface area contributed by atoms with Gasteiger partial charge in [0.15, 0.2) is 5.82 Å². The summed E-state index contributed by atoms with van der Waals surface area (Å²) in [5.41, 5.74) is 2.46. The zero-order valence-electron chi connectivity index (χ0n) is 15.5. The van der Waals surface area contributed by atoms with Crippen LogP contribution in [0.25, 0.3) is 0 Å². The number of rotatable bonds is 9. The van der Waals surface area contributed by atoms with Gasteiger partial charge in [-0.1, -0.05) is 24.3 Å². The molecule has 0 saturated heterocycles. The van der Waals surface area contributed by atoms with Crippen molar-refractivity contribution in [3.63, 3.8) is 0 Å². The van der Waals surface area contributed by atoms with Crippen LogP contribution in [-0.2, 0) is 6.54 Å². The Morgan fingerprint density at radius 3 is 2.52 bits per heavy atom. The first-order valence-electron chi connectivity index (χ1n) is 8.73. The van der Waals surface area contributed by atoms with E-state index in [1.54, 1.807) is 13.3 Å². The Morgan fingerprint density at radius 1 is 0.963 bits per heavy atom. The number of anilines is 2. The van der Waals surface area contributed by atoms with Crippen LogP contribution in [0.3, 0.4) is 0 Å². The minimum Gasteiger partial charge on any atom is -0.497 e. The Labute approximate surface area is 158 Å². The van der Waals surface area contributed by atoms with Gasteiger partial charge in [0.1, 0.15) is 18.1 Å². The van der Waals surface area contributed by atoms with Gasteiger partial charge in [-0.3, -0.25) is 0 Å². The third-order valence-electron chi connectivity index (χ3n) is 3.99. The highest BCUT2D eigenvalue weighted by atomic mass is 16.5. The Bertz CT molecular complexity index is 855. The molecule has 3 rings (SSSR count). The molecule has 0 aliphatic heterocycles. The van der Waals surface area contributed by atoms with E-state index >= 15 is 0 Å². The van der Waals surface area contributed by atoms with Gasteiger partial charge in [-0.25, -0.2) is 0 Å². The highest BCUT2D eigenvalue weighted by Gasteiger charge is 2.02. The molecular formula is C20H23N5O2. The molecule has 0 unspecified atom stereocenters. The first-order chi connectivity index (χ1) is 13.2. The molecule has 2 aromatic carbocycles. The van der Waals surface area contributed by atoms with E-state index in [-0.39, 0.29) is 0 Å². The number of hydrogen-bond acceptors (Lipinski definition) is 7. The Balaban J connectivity index is 1.45. The molecule has 140 valence electrons. The van der Waals surface area contributed by atoms with Crippen LogP contribution in [0.4, 0.5) is 11.8 Å². The normalized spacial score (nSPS) is 10.3. The van der Waals surface area contributed by atoms with Crippen LogP contribution in [0.2, 0.25) is 0 Å². The fraction of sp³-hybridized carbons (Fsp3) is 0.250. The molecular weight excluding hydrogens is 342 g/mol. The van der Waals surface area contributed by atoms with Gasteiger partial charge in [0, 0.05) is 6.54 Å². The number of ether oxygens (including phenoxy) is 2. The molecule has 0 bridgehead atoms. The number of methoxy groups -OCH3 is 1. The monoisotopic (exact) mass is 365 g/mol. The van der Waals surface area contributed by atoms with Crippen LogP contribution in [0.1, 0.15) is 11.1 Å². The van der Waals surface area contributed by atoms with E-state index in [1.807, 2.05) is 36.4 Å². The minimum atomic E-state index is 0.461. The van der Waals surface area contributed by atoms with Crippen LogP contribution in [-0.4, -0.2) is 35.4 Å². The number of nitrogens with one attached hydrogen (secondary N) is 2. The van der Waals surface area contributed by atoms with Crippen molar-refractivity contribution in [3.05, 3.63) is 65.9 Å². The number of benzene rings is 2. The molecule has 0 aliphatic rings. The van der Waals surface area contributed by atoms with Gasteiger partial charge >= 0.3 is 0 Å². The molecule has 27 heavy (non-hydrogen) atoms. The highest BCUT2D eigenvalue weighted by Crippen LogP contribution is 2.16. The van der Waals surface area contributed by atoms with Crippen molar-refractivity contribution in [2.75, 3.05) is 30.9 Å². The van der Waals surface area contributed by atoms with Crippen molar-refractivity contribution in [3.8, 4) is 11.5 Å². The number of hydrogen-bond donors (Lipinski definition) is 2. The predicted molar refractivity (Wildman–Crippen MR) is 105 cm³/mol. The second-order valence-electron chi connectivity index (χ2n) is 5.90. The second-order valence-corrected chi connectivity index (χ2v) is 5.90. The average Bonchev–Trinajstić information content (AvgIpc) is 2.71. The van der Waals surface area contributed by atoms with Crippen molar-refractivity contribution in [1.29, 1.82) is 0 Å². The van der Waals surface area contributed by atoms with E-state index < -0.39 is 0 Å². The van der Waals surface area contributed by atoms with Crippen LogP contribution >= 0.6 is 0 Å². The maximum atomic E-state index is 5.67. The molecule has 7 heteroatoms. The maximum absolute atomic E-state index is 5.67. The first kappa shape index (κ1) is 18.4. The van der Waals surface area contributed by atoms with E-state index in [9.17, 15) is 0 Å². The van der Waals surface area contributed by atoms with E-state index in [4.69, 9.17) is 9.47 Å². The second kappa shape index (κ2) is 9.38. The molecule has 0 radical (unpaired) electrons. The molecule has 0 amide bonds. The third kappa shape index (κ3) is 5.57. The van der Waals surface area contributed by atoms with Crippen molar-refractivity contribution < 1.29 is 9.47 Å². The number of aryl methyl sites for hydroxylation is 1. The lowest BCUT2D eigenvalue weighted by Crippen LogP contribution is -2.14. The molecule has 0 saturated carbocycles. The van der Waals surface area contributed by atoms with Crippen molar-refractivity contribution in [1.82, 2.24) is 15.2 Å². The molecule has 0 atom stereocenters. The van der Waals surface area contributed by atoms with Crippen LogP contribution in [0.15, 0.2) is 54.7 Å². The summed E-state index contributed by atoms with van der Waals surface area (Å²) in [5.74, 6) is 2.72. The molecule has 0 fully saturated rings.